The Hall–Kier alpha value is -1.11. The Kier molecular flexibility index (Phi) is 6.02. The quantitative estimate of drug-likeness (QED) is 0.789. The molecule has 1 heterocycles. The maximum absolute atomic E-state index is 12.6. The molecule has 0 amide bonds. The lowest BCUT2D eigenvalue weighted by atomic mass is 10.2. The molecule has 0 bridgehead atoms. The van der Waals surface area contributed by atoms with Crippen molar-refractivity contribution in [2.24, 2.45) is 0 Å². The molecule has 0 unspecified atom stereocenters. The zero-order valence-corrected chi connectivity index (χ0v) is 13.1. The maximum Gasteiger partial charge on any atom is 0.243 e. The summed E-state index contributed by atoms with van der Waals surface area (Å²) in [4.78, 5) is 0.358. The summed E-state index contributed by atoms with van der Waals surface area (Å²) in [5.41, 5.74) is 0.873. The predicted octanol–water partition coefficient (Wildman–Crippen LogP) is 2.05. The molecule has 0 saturated carbocycles. The van der Waals surface area contributed by atoms with Crippen LogP contribution in [0.4, 0.5) is 5.69 Å². The molecule has 1 saturated heterocycles. The van der Waals surface area contributed by atoms with E-state index >= 15 is 0 Å². The topological polar surface area (TPSA) is 69.6 Å². The van der Waals surface area contributed by atoms with Crippen LogP contribution >= 0.6 is 0 Å². The average Bonchev–Trinajstić information content (AvgIpc) is 2.78. The van der Waals surface area contributed by atoms with Crippen LogP contribution in [0.1, 0.15) is 32.1 Å². The van der Waals surface area contributed by atoms with Crippen molar-refractivity contribution in [1.29, 1.82) is 0 Å². The van der Waals surface area contributed by atoms with Crippen LogP contribution < -0.4 is 5.32 Å². The van der Waals surface area contributed by atoms with E-state index in [0.29, 0.717) is 31.0 Å². The van der Waals surface area contributed by atoms with Gasteiger partial charge in [-0.1, -0.05) is 12.8 Å². The Morgan fingerprint density at radius 2 is 1.67 bits per heavy atom. The van der Waals surface area contributed by atoms with E-state index in [-0.39, 0.29) is 6.61 Å². The minimum Gasteiger partial charge on any atom is -0.396 e. The summed E-state index contributed by atoms with van der Waals surface area (Å²) >= 11 is 0. The Balaban J connectivity index is 2.05. The molecule has 0 aliphatic carbocycles. The Labute approximate surface area is 127 Å². The third kappa shape index (κ3) is 4.43. The largest absolute Gasteiger partial charge is 0.396 e. The van der Waals surface area contributed by atoms with Crippen LogP contribution in [0.2, 0.25) is 0 Å². The molecule has 2 N–H and O–H groups in total. The van der Waals surface area contributed by atoms with E-state index in [1.54, 1.807) is 28.6 Å². The number of rotatable bonds is 6. The summed E-state index contributed by atoms with van der Waals surface area (Å²) in [5.74, 6) is 0. The number of nitrogens with zero attached hydrogens (tertiary/aromatic N) is 1. The number of hydrogen-bond donors (Lipinski definition) is 2. The first-order valence-electron chi connectivity index (χ1n) is 7.59. The normalized spacial score (nSPS) is 17.4. The van der Waals surface area contributed by atoms with Crippen molar-refractivity contribution in [2.75, 3.05) is 31.6 Å². The summed E-state index contributed by atoms with van der Waals surface area (Å²) in [6.45, 7) is 2.07. The monoisotopic (exact) mass is 312 g/mol. The minimum atomic E-state index is -3.36. The zero-order valence-electron chi connectivity index (χ0n) is 12.3. The molecular formula is C15H24N2O3S. The van der Waals surface area contributed by atoms with Crippen molar-refractivity contribution in [3.8, 4) is 0 Å². The van der Waals surface area contributed by atoms with E-state index in [9.17, 15) is 8.42 Å². The zero-order chi connectivity index (χ0) is 15.1. The van der Waals surface area contributed by atoms with Crippen molar-refractivity contribution in [2.45, 2.75) is 37.0 Å². The molecule has 5 nitrogen and oxygen atoms in total. The predicted molar refractivity (Wildman–Crippen MR) is 83.9 cm³/mol. The maximum atomic E-state index is 12.6. The van der Waals surface area contributed by atoms with E-state index in [1.165, 1.54) is 0 Å². The molecule has 0 radical (unpaired) electrons. The van der Waals surface area contributed by atoms with Crippen LogP contribution in [0.3, 0.4) is 0 Å². The van der Waals surface area contributed by atoms with Gasteiger partial charge in [-0.25, -0.2) is 8.42 Å². The van der Waals surface area contributed by atoms with Crippen molar-refractivity contribution < 1.29 is 13.5 Å². The van der Waals surface area contributed by atoms with Crippen LogP contribution in [-0.4, -0.2) is 44.1 Å². The Morgan fingerprint density at radius 1 is 1.05 bits per heavy atom. The second kappa shape index (κ2) is 7.77. The summed E-state index contributed by atoms with van der Waals surface area (Å²) in [5, 5.41) is 11.9. The molecule has 2 rings (SSSR count). The molecule has 0 spiro atoms. The highest BCUT2D eigenvalue weighted by Gasteiger charge is 2.24. The third-order valence-corrected chi connectivity index (χ3v) is 5.63. The molecule has 118 valence electrons. The van der Waals surface area contributed by atoms with Crippen LogP contribution in [0.25, 0.3) is 0 Å². The lowest BCUT2D eigenvalue weighted by Gasteiger charge is -2.20. The second-order valence-electron chi connectivity index (χ2n) is 5.35. The molecular weight excluding hydrogens is 288 g/mol. The number of anilines is 1. The first-order valence-corrected chi connectivity index (χ1v) is 9.03. The number of aliphatic hydroxyl groups excluding tert-OH is 1. The molecule has 1 fully saturated rings. The summed E-state index contributed by atoms with van der Waals surface area (Å²) in [6.07, 6.45) is 4.79. The van der Waals surface area contributed by atoms with Crippen molar-refractivity contribution in [3.05, 3.63) is 24.3 Å². The van der Waals surface area contributed by atoms with Gasteiger partial charge in [0.25, 0.3) is 0 Å². The third-order valence-electron chi connectivity index (χ3n) is 3.72. The average molecular weight is 312 g/mol. The van der Waals surface area contributed by atoms with Crippen LogP contribution in [0.15, 0.2) is 29.2 Å². The number of hydrogen-bond acceptors (Lipinski definition) is 4. The van der Waals surface area contributed by atoms with E-state index < -0.39 is 10.0 Å². The van der Waals surface area contributed by atoms with E-state index in [0.717, 1.165) is 31.4 Å². The van der Waals surface area contributed by atoms with Gasteiger partial charge in [-0.2, -0.15) is 4.31 Å². The molecule has 1 aromatic carbocycles. The second-order valence-corrected chi connectivity index (χ2v) is 7.28. The fraction of sp³-hybridized carbons (Fsp3) is 0.600. The summed E-state index contributed by atoms with van der Waals surface area (Å²) in [6, 6.07) is 6.87. The fourth-order valence-corrected chi connectivity index (χ4v) is 4.00. The van der Waals surface area contributed by atoms with E-state index in [2.05, 4.69) is 5.32 Å². The number of sulfonamides is 1. The Bertz CT molecular complexity index is 520. The number of aliphatic hydroxyl groups is 1. The molecule has 1 aliphatic heterocycles. The van der Waals surface area contributed by atoms with E-state index in [4.69, 9.17) is 5.11 Å². The van der Waals surface area contributed by atoms with Gasteiger partial charge in [-0.15, -0.1) is 0 Å². The summed E-state index contributed by atoms with van der Waals surface area (Å²) in [7, 11) is -3.36. The number of benzene rings is 1. The molecule has 0 aromatic heterocycles. The van der Waals surface area contributed by atoms with Gasteiger partial charge >= 0.3 is 0 Å². The minimum absolute atomic E-state index is 0.147. The number of nitrogens with one attached hydrogen (secondary N) is 1. The highest BCUT2D eigenvalue weighted by atomic mass is 32.2. The van der Waals surface area contributed by atoms with Crippen molar-refractivity contribution in [1.82, 2.24) is 4.31 Å². The van der Waals surface area contributed by atoms with Crippen LogP contribution in [0, 0.1) is 0 Å². The highest BCUT2D eigenvalue weighted by molar-refractivity contribution is 7.89. The SMILES string of the molecule is O=S(=O)(c1ccc(NCCCO)cc1)N1CCCCCC1. The molecule has 0 atom stereocenters. The van der Waals surface area contributed by atoms with Gasteiger partial charge in [0, 0.05) is 31.9 Å². The van der Waals surface area contributed by atoms with Gasteiger partial charge in [-0.05, 0) is 43.5 Å². The molecule has 21 heavy (non-hydrogen) atoms. The van der Waals surface area contributed by atoms with Gasteiger partial charge in [-0.3, -0.25) is 0 Å². The lowest BCUT2D eigenvalue weighted by molar-refractivity contribution is 0.292. The van der Waals surface area contributed by atoms with E-state index in [1.807, 2.05) is 0 Å². The molecule has 1 aromatic rings. The lowest BCUT2D eigenvalue weighted by Crippen LogP contribution is -2.31. The van der Waals surface area contributed by atoms with Gasteiger partial charge in [0.2, 0.25) is 10.0 Å². The first kappa shape index (κ1) is 16.3. The standard InChI is InChI=1S/C15H24N2O3S/c18-13-5-10-16-14-6-8-15(9-7-14)21(19,20)17-11-3-1-2-4-12-17/h6-9,16,18H,1-5,10-13H2. The van der Waals surface area contributed by atoms with Crippen molar-refractivity contribution >= 4 is 15.7 Å². The van der Waals surface area contributed by atoms with Crippen molar-refractivity contribution in [3.63, 3.8) is 0 Å². The van der Waals surface area contributed by atoms with Crippen LogP contribution in [0.5, 0.6) is 0 Å². The van der Waals surface area contributed by atoms with Crippen LogP contribution in [-0.2, 0) is 10.0 Å². The fourth-order valence-electron chi connectivity index (χ4n) is 2.49. The van der Waals surface area contributed by atoms with Gasteiger partial charge in [0.05, 0.1) is 4.90 Å². The van der Waals surface area contributed by atoms with Gasteiger partial charge in [0.1, 0.15) is 0 Å². The Morgan fingerprint density at radius 3 is 2.24 bits per heavy atom. The molecule has 1 aliphatic rings. The first-order chi connectivity index (χ1) is 10.1. The highest BCUT2D eigenvalue weighted by Crippen LogP contribution is 2.21. The van der Waals surface area contributed by atoms with Gasteiger partial charge in [0.15, 0.2) is 0 Å². The van der Waals surface area contributed by atoms with Gasteiger partial charge < -0.3 is 10.4 Å². The summed E-state index contributed by atoms with van der Waals surface area (Å²) < 4.78 is 26.8. The molecule has 6 heteroatoms. The smallest absolute Gasteiger partial charge is 0.243 e.